The van der Waals surface area contributed by atoms with E-state index in [9.17, 15) is 9.59 Å². The molecule has 2 amide bonds. The molecule has 0 radical (unpaired) electrons. The van der Waals surface area contributed by atoms with Crippen LogP contribution in [0.4, 0.5) is 0 Å². The van der Waals surface area contributed by atoms with Crippen molar-refractivity contribution >= 4 is 11.8 Å². The van der Waals surface area contributed by atoms with E-state index in [4.69, 9.17) is 5.73 Å². The molecule has 0 bridgehead atoms. The highest BCUT2D eigenvalue weighted by Gasteiger charge is 2.12. The molecule has 6 heteroatoms. The third-order valence-corrected chi connectivity index (χ3v) is 3.72. The molecule has 0 aliphatic heterocycles. The van der Waals surface area contributed by atoms with Gasteiger partial charge in [-0.1, -0.05) is 38.1 Å². The highest BCUT2D eigenvalue weighted by atomic mass is 16.2. The molecule has 1 rings (SSSR count). The van der Waals surface area contributed by atoms with Crippen LogP contribution in [0, 0.1) is 0 Å². The minimum atomic E-state index is -0.606. The third-order valence-electron chi connectivity index (χ3n) is 3.72. The van der Waals surface area contributed by atoms with Crippen LogP contribution < -0.4 is 16.4 Å². The molecule has 6 nitrogen and oxygen atoms in total. The molecule has 4 N–H and O–H groups in total. The van der Waals surface area contributed by atoms with Gasteiger partial charge in [0, 0.05) is 19.6 Å². The van der Waals surface area contributed by atoms with Crippen LogP contribution in [-0.2, 0) is 22.7 Å². The van der Waals surface area contributed by atoms with E-state index in [2.05, 4.69) is 29.4 Å². The van der Waals surface area contributed by atoms with Gasteiger partial charge in [0.2, 0.25) is 0 Å². The number of rotatable bonds is 9. The lowest BCUT2D eigenvalue weighted by Crippen LogP contribution is -2.40. The molecule has 0 aliphatic rings. The minimum absolute atomic E-state index is 0.319. The fraction of sp³-hybridized carbons (Fsp3) is 0.529. The standard InChI is InChI=1S/C17H28N4O2/c1-3-21(4-2)10-6-9-19-16(22)17(23)20-13-15-8-5-7-14(11-15)12-18/h5,7-8,11H,3-4,6,9-10,12-13,18H2,1-2H3,(H,19,22)(H,20,23). The van der Waals surface area contributed by atoms with Crippen molar-refractivity contribution in [2.24, 2.45) is 5.73 Å². The second kappa shape index (κ2) is 10.7. The van der Waals surface area contributed by atoms with Gasteiger partial charge in [-0.3, -0.25) is 9.59 Å². The van der Waals surface area contributed by atoms with Crippen LogP contribution in [0.5, 0.6) is 0 Å². The van der Waals surface area contributed by atoms with Crippen LogP contribution in [-0.4, -0.2) is 42.9 Å². The fourth-order valence-electron chi connectivity index (χ4n) is 2.25. The SMILES string of the molecule is CCN(CC)CCCNC(=O)C(=O)NCc1cccc(CN)c1. The lowest BCUT2D eigenvalue weighted by molar-refractivity contribution is -0.139. The molecule has 0 saturated carbocycles. The van der Waals surface area contributed by atoms with Crippen molar-refractivity contribution in [3.63, 3.8) is 0 Å². The molecule has 1 aromatic carbocycles. The summed E-state index contributed by atoms with van der Waals surface area (Å²) in [7, 11) is 0. The van der Waals surface area contributed by atoms with E-state index < -0.39 is 11.8 Å². The Bertz CT molecular complexity index is 501. The molecule has 0 unspecified atom stereocenters. The number of carbonyl (C=O) groups is 2. The van der Waals surface area contributed by atoms with Gasteiger partial charge >= 0.3 is 11.8 Å². The Balaban J connectivity index is 2.27. The quantitative estimate of drug-likeness (QED) is 0.459. The summed E-state index contributed by atoms with van der Waals surface area (Å²) in [6.07, 6.45) is 0.833. The number of nitrogens with one attached hydrogen (secondary N) is 2. The number of amides is 2. The molecule has 0 heterocycles. The number of hydrogen-bond donors (Lipinski definition) is 3. The van der Waals surface area contributed by atoms with Gasteiger partial charge in [0.15, 0.2) is 0 Å². The van der Waals surface area contributed by atoms with E-state index in [0.717, 1.165) is 37.2 Å². The fourth-order valence-corrected chi connectivity index (χ4v) is 2.25. The van der Waals surface area contributed by atoms with Gasteiger partial charge in [0.25, 0.3) is 0 Å². The summed E-state index contributed by atoms with van der Waals surface area (Å²) in [6.45, 7) is 8.39. The summed E-state index contributed by atoms with van der Waals surface area (Å²) < 4.78 is 0. The van der Waals surface area contributed by atoms with Crippen molar-refractivity contribution < 1.29 is 9.59 Å². The predicted molar refractivity (Wildman–Crippen MR) is 91.6 cm³/mol. The molecule has 0 aromatic heterocycles. The topological polar surface area (TPSA) is 87.5 Å². The summed E-state index contributed by atoms with van der Waals surface area (Å²) in [4.78, 5) is 25.7. The smallest absolute Gasteiger partial charge is 0.309 e. The van der Waals surface area contributed by atoms with Crippen LogP contribution in [0.3, 0.4) is 0 Å². The lowest BCUT2D eigenvalue weighted by atomic mass is 10.1. The average Bonchev–Trinajstić information content (AvgIpc) is 2.59. The molecule has 0 aliphatic carbocycles. The first-order valence-electron chi connectivity index (χ1n) is 8.16. The van der Waals surface area contributed by atoms with E-state index in [0.29, 0.717) is 19.6 Å². The molecule has 128 valence electrons. The molecular weight excluding hydrogens is 292 g/mol. The largest absolute Gasteiger partial charge is 0.348 e. The van der Waals surface area contributed by atoms with Crippen molar-refractivity contribution in [1.82, 2.24) is 15.5 Å². The second-order valence-corrected chi connectivity index (χ2v) is 5.34. The first-order chi connectivity index (χ1) is 11.1. The van der Waals surface area contributed by atoms with Crippen molar-refractivity contribution in [1.29, 1.82) is 0 Å². The van der Waals surface area contributed by atoms with Crippen LogP contribution in [0.2, 0.25) is 0 Å². The predicted octanol–water partition coefficient (Wildman–Crippen LogP) is 0.610. The van der Waals surface area contributed by atoms with Crippen molar-refractivity contribution in [2.75, 3.05) is 26.2 Å². The van der Waals surface area contributed by atoms with Crippen LogP contribution >= 0.6 is 0 Å². The van der Waals surface area contributed by atoms with Crippen molar-refractivity contribution in [3.8, 4) is 0 Å². The van der Waals surface area contributed by atoms with Gasteiger partial charge in [-0.25, -0.2) is 0 Å². The maximum atomic E-state index is 11.8. The number of carbonyl (C=O) groups excluding carboxylic acids is 2. The maximum absolute atomic E-state index is 11.8. The number of benzene rings is 1. The van der Waals surface area contributed by atoms with E-state index in [1.165, 1.54) is 0 Å². The number of nitrogens with zero attached hydrogens (tertiary/aromatic N) is 1. The zero-order valence-electron chi connectivity index (χ0n) is 14.1. The van der Waals surface area contributed by atoms with Gasteiger partial charge in [-0.15, -0.1) is 0 Å². The highest BCUT2D eigenvalue weighted by Crippen LogP contribution is 2.04. The van der Waals surface area contributed by atoms with Gasteiger partial charge in [-0.2, -0.15) is 0 Å². The average molecular weight is 320 g/mol. The molecule has 0 saturated heterocycles. The Labute approximate surface area is 138 Å². The third kappa shape index (κ3) is 7.25. The minimum Gasteiger partial charge on any atom is -0.348 e. The van der Waals surface area contributed by atoms with Gasteiger partial charge < -0.3 is 21.3 Å². The molecular formula is C17H28N4O2. The van der Waals surface area contributed by atoms with Crippen molar-refractivity contribution in [2.45, 2.75) is 33.4 Å². The van der Waals surface area contributed by atoms with E-state index in [1.54, 1.807) is 0 Å². The summed E-state index contributed by atoms with van der Waals surface area (Å²) in [5.41, 5.74) is 7.50. The monoisotopic (exact) mass is 320 g/mol. The van der Waals surface area contributed by atoms with Gasteiger partial charge in [-0.05, 0) is 37.2 Å². The summed E-state index contributed by atoms with van der Waals surface area (Å²) in [6, 6.07) is 7.62. The second-order valence-electron chi connectivity index (χ2n) is 5.34. The van der Waals surface area contributed by atoms with Crippen LogP contribution in [0.25, 0.3) is 0 Å². The molecule has 0 atom stereocenters. The zero-order chi connectivity index (χ0) is 17.1. The zero-order valence-corrected chi connectivity index (χ0v) is 14.1. The van der Waals surface area contributed by atoms with Crippen molar-refractivity contribution in [3.05, 3.63) is 35.4 Å². The normalized spacial score (nSPS) is 10.6. The maximum Gasteiger partial charge on any atom is 0.309 e. The van der Waals surface area contributed by atoms with Crippen LogP contribution in [0.1, 0.15) is 31.4 Å². The first kappa shape index (κ1) is 19.1. The molecule has 0 fully saturated rings. The summed E-state index contributed by atoms with van der Waals surface area (Å²) >= 11 is 0. The Morgan fingerprint density at radius 2 is 1.74 bits per heavy atom. The summed E-state index contributed by atoms with van der Waals surface area (Å²) in [5.74, 6) is -1.19. The van der Waals surface area contributed by atoms with Crippen LogP contribution in [0.15, 0.2) is 24.3 Å². The van der Waals surface area contributed by atoms with Gasteiger partial charge in [0.1, 0.15) is 0 Å². The Morgan fingerprint density at radius 3 is 2.39 bits per heavy atom. The number of nitrogens with two attached hydrogens (primary N) is 1. The van der Waals surface area contributed by atoms with E-state index in [1.807, 2.05) is 24.3 Å². The lowest BCUT2D eigenvalue weighted by Gasteiger charge is -2.17. The molecule has 23 heavy (non-hydrogen) atoms. The molecule has 0 spiro atoms. The summed E-state index contributed by atoms with van der Waals surface area (Å²) in [5, 5.41) is 5.27. The van der Waals surface area contributed by atoms with E-state index >= 15 is 0 Å². The molecule has 1 aromatic rings. The Hall–Kier alpha value is -1.92. The highest BCUT2D eigenvalue weighted by molar-refractivity contribution is 6.35. The first-order valence-corrected chi connectivity index (χ1v) is 8.16. The Morgan fingerprint density at radius 1 is 1.09 bits per heavy atom. The number of hydrogen-bond acceptors (Lipinski definition) is 4. The van der Waals surface area contributed by atoms with E-state index in [-0.39, 0.29) is 0 Å². The Kier molecular flexibility index (Phi) is 8.94. The van der Waals surface area contributed by atoms with Gasteiger partial charge in [0.05, 0.1) is 0 Å².